The average Bonchev–Trinajstić information content (AvgIpc) is 2.84. The second-order valence-electron chi connectivity index (χ2n) is 9.62. The minimum atomic E-state index is -0.341. The van der Waals surface area contributed by atoms with Gasteiger partial charge in [0.05, 0.1) is 0 Å². The van der Waals surface area contributed by atoms with Gasteiger partial charge in [0.1, 0.15) is 5.82 Å². The maximum atomic E-state index is 13.1. The highest BCUT2D eigenvalue weighted by molar-refractivity contribution is 5.94. The molecule has 0 bridgehead atoms. The number of halogens is 1. The van der Waals surface area contributed by atoms with Gasteiger partial charge in [-0.3, -0.25) is 14.5 Å². The van der Waals surface area contributed by atoms with Crippen molar-refractivity contribution in [1.82, 2.24) is 15.1 Å². The van der Waals surface area contributed by atoms with Gasteiger partial charge in [-0.05, 0) is 75.9 Å². The van der Waals surface area contributed by atoms with E-state index >= 15 is 0 Å². The highest BCUT2D eigenvalue weighted by atomic mass is 19.1. The number of hydrogen-bond acceptors (Lipinski definition) is 3. The predicted octanol–water partition coefficient (Wildman–Crippen LogP) is 3.98. The van der Waals surface area contributed by atoms with Gasteiger partial charge in [-0.2, -0.15) is 0 Å². The van der Waals surface area contributed by atoms with E-state index in [4.69, 9.17) is 0 Å². The molecule has 1 N–H and O–H groups in total. The SMILES string of the molecule is O=C(NCC1(N2CCCCC2)CCCCC1)C1CCN(C(=O)c2ccc(F)cc2)CC1. The minimum absolute atomic E-state index is 0.0285. The molecule has 1 aliphatic carbocycles. The third-order valence-electron chi connectivity index (χ3n) is 7.65. The molecule has 1 aromatic rings. The molecule has 2 aliphatic heterocycles. The van der Waals surface area contributed by atoms with Gasteiger partial charge in [0.15, 0.2) is 0 Å². The summed E-state index contributed by atoms with van der Waals surface area (Å²) in [6, 6.07) is 5.69. The van der Waals surface area contributed by atoms with Crippen LogP contribution >= 0.6 is 0 Å². The molecule has 4 rings (SSSR count). The molecular formula is C25H36FN3O2. The molecule has 31 heavy (non-hydrogen) atoms. The van der Waals surface area contributed by atoms with Crippen LogP contribution in [0, 0.1) is 11.7 Å². The molecular weight excluding hydrogens is 393 g/mol. The van der Waals surface area contributed by atoms with Gasteiger partial charge in [-0.25, -0.2) is 4.39 Å². The van der Waals surface area contributed by atoms with Gasteiger partial charge in [-0.1, -0.05) is 25.7 Å². The van der Waals surface area contributed by atoms with Crippen molar-refractivity contribution in [3.63, 3.8) is 0 Å². The lowest BCUT2D eigenvalue weighted by Crippen LogP contribution is -2.58. The van der Waals surface area contributed by atoms with E-state index in [1.165, 1.54) is 88.7 Å². The molecule has 2 amide bonds. The van der Waals surface area contributed by atoms with E-state index in [0.717, 1.165) is 6.54 Å². The summed E-state index contributed by atoms with van der Waals surface area (Å²) >= 11 is 0. The van der Waals surface area contributed by atoms with Crippen LogP contribution in [0.1, 0.15) is 74.6 Å². The quantitative estimate of drug-likeness (QED) is 0.770. The summed E-state index contributed by atoms with van der Waals surface area (Å²) in [7, 11) is 0. The molecule has 0 atom stereocenters. The van der Waals surface area contributed by atoms with E-state index in [1.54, 1.807) is 4.90 Å². The van der Waals surface area contributed by atoms with Crippen molar-refractivity contribution in [2.45, 2.75) is 69.7 Å². The number of rotatable bonds is 5. The Kier molecular flexibility index (Phi) is 7.26. The lowest BCUT2D eigenvalue weighted by atomic mass is 9.79. The molecule has 6 heteroatoms. The topological polar surface area (TPSA) is 52.7 Å². The van der Waals surface area contributed by atoms with Crippen molar-refractivity contribution in [3.05, 3.63) is 35.6 Å². The zero-order valence-electron chi connectivity index (χ0n) is 18.6. The van der Waals surface area contributed by atoms with E-state index < -0.39 is 0 Å². The molecule has 3 fully saturated rings. The molecule has 2 heterocycles. The van der Waals surface area contributed by atoms with Crippen molar-refractivity contribution in [2.24, 2.45) is 5.92 Å². The van der Waals surface area contributed by atoms with Crippen LogP contribution in [0.5, 0.6) is 0 Å². The van der Waals surface area contributed by atoms with E-state index in [0.29, 0.717) is 31.5 Å². The molecule has 0 aromatic heterocycles. The summed E-state index contributed by atoms with van der Waals surface area (Å²) in [5.74, 6) is -0.299. The molecule has 170 valence electrons. The summed E-state index contributed by atoms with van der Waals surface area (Å²) in [6.45, 7) is 4.25. The zero-order chi connectivity index (χ0) is 21.7. The molecule has 5 nitrogen and oxygen atoms in total. The Morgan fingerprint density at radius 3 is 2.16 bits per heavy atom. The summed E-state index contributed by atoms with van der Waals surface area (Å²) < 4.78 is 13.1. The molecule has 0 unspecified atom stereocenters. The summed E-state index contributed by atoms with van der Waals surface area (Å²) in [5.41, 5.74) is 0.651. The largest absolute Gasteiger partial charge is 0.354 e. The normalized spacial score (nSPS) is 22.8. The Bertz CT molecular complexity index is 747. The highest BCUT2D eigenvalue weighted by Crippen LogP contribution is 2.35. The second-order valence-corrected chi connectivity index (χ2v) is 9.62. The van der Waals surface area contributed by atoms with Crippen LogP contribution in [0.15, 0.2) is 24.3 Å². The second kappa shape index (κ2) is 10.1. The number of nitrogens with zero attached hydrogens (tertiary/aromatic N) is 2. The average molecular weight is 430 g/mol. The first-order chi connectivity index (χ1) is 15.1. The Morgan fingerprint density at radius 2 is 1.52 bits per heavy atom. The van der Waals surface area contributed by atoms with E-state index in [2.05, 4.69) is 10.2 Å². The number of carbonyl (C=O) groups is 2. The third-order valence-corrected chi connectivity index (χ3v) is 7.65. The summed E-state index contributed by atoms with van der Waals surface area (Å²) in [6.07, 6.45) is 11.5. The fourth-order valence-electron chi connectivity index (χ4n) is 5.70. The Hall–Kier alpha value is -1.95. The van der Waals surface area contributed by atoms with Crippen molar-refractivity contribution in [2.75, 3.05) is 32.7 Å². The Balaban J connectivity index is 1.29. The van der Waals surface area contributed by atoms with Crippen molar-refractivity contribution < 1.29 is 14.0 Å². The van der Waals surface area contributed by atoms with Crippen LogP contribution in [0.4, 0.5) is 4.39 Å². The number of carbonyl (C=O) groups excluding carboxylic acids is 2. The van der Waals surface area contributed by atoms with E-state index in [1.807, 2.05) is 0 Å². The van der Waals surface area contributed by atoms with Crippen LogP contribution in [0.25, 0.3) is 0 Å². The number of nitrogens with one attached hydrogen (secondary N) is 1. The first kappa shape index (κ1) is 22.3. The van der Waals surface area contributed by atoms with Gasteiger partial charge >= 0.3 is 0 Å². The van der Waals surface area contributed by atoms with Gasteiger partial charge in [0.2, 0.25) is 5.91 Å². The van der Waals surface area contributed by atoms with E-state index in [9.17, 15) is 14.0 Å². The number of hydrogen-bond donors (Lipinski definition) is 1. The number of benzene rings is 1. The van der Waals surface area contributed by atoms with Crippen LogP contribution in [0.3, 0.4) is 0 Å². The molecule has 1 aromatic carbocycles. The molecule has 2 saturated heterocycles. The number of amides is 2. The van der Waals surface area contributed by atoms with Crippen molar-refractivity contribution >= 4 is 11.8 Å². The maximum Gasteiger partial charge on any atom is 0.253 e. The van der Waals surface area contributed by atoms with Gasteiger partial charge in [0, 0.05) is 36.7 Å². The van der Waals surface area contributed by atoms with Crippen molar-refractivity contribution in [1.29, 1.82) is 0 Å². The van der Waals surface area contributed by atoms with Crippen LogP contribution in [-0.4, -0.2) is 59.9 Å². The zero-order valence-corrected chi connectivity index (χ0v) is 18.6. The third kappa shape index (κ3) is 5.28. The number of likely N-dealkylation sites (tertiary alicyclic amines) is 2. The Morgan fingerprint density at radius 1 is 0.903 bits per heavy atom. The maximum absolute atomic E-state index is 13.1. The van der Waals surface area contributed by atoms with Crippen LogP contribution in [-0.2, 0) is 4.79 Å². The van der Waals surface area contributed by atoms with Gasteiger partial charge in [0.25, 0.3) is 5.91 Å². The molecule has 3 aliphatic rings. The van der Waals surface area contributed by atoms with Gasteiger partial charge < -0.3 is 10.2 Å². The van der Waals surface area contributed by atoms with Crippen LogP contribution < -0.4 is 5.32 Å². The lowest BCUT2D eigenvalue weighted by molar-refractivity contribution is -0.127. The lowest BCUT2D eigenvalue weighted by Gasteiger charge is -2.48. The molecule has 1 saturated carbocycles. The standard InChI is InChI=1S/C25H36FN3O2/c26-22-9-7-21(8-10-22)24(31)28-17-11-20(12-18-28)23(30)27-19-25(13-3-1-4-14-25)29-15-5-2-6-16-29/h7-10,20H,1-6,11-19H2,(H,27,30). The molecule has 0 spiro atoms. The highest BCUT2D eigenvalue weighted by Gasteiger charge is 2.39. The molecule has 0 radical (unpaired) electrons. The fourth-order valence-corrected chi connectivity index (χ4v) is 5.70. The predicted molar refractivity (Wildman–Crippen MR) is 119 cm³/mol. The van der Waals surface area contributed by atoms with E-state index in [-0.39, 0.29) is 29.1 Å². The minimum Gasteiger partial charge on any atom is -0.354 e. The first-order valence-electron chi connectivity index (χ1n) is 12.2. The smallest absolute Gasteiger partial charge is 0.253 e. The first-order valence-corrected chi connectivity index (χ1v) is 12.2. The summed E-state index contributed by atoms with van der Waals surface area (Å²) in [4.78, 5) is 30.1. The van der Waals surface area contributed by atoms with Crippen LogP contribution in [0.2, 0.25) is 0 Å². The fraction of sp³-hybridized carbons (Fsp3) is 0.680. The number of piperidine rings is 2. The van der Waals surface area contributed by atoms with Crippen molar-refractivity contribution in [3.8, 4) is 0 Å². The van der Waals surface area contributed by atoms with Gasteiger partial charge in [-0.15, -0.1) is 0 Å². The Labute approximate surface area is 185 Å². The summed E-state index contributed by atoms with van der Waals surface area (Å²) in [5, 5.41) is 3.32. The monoisotopic (exact) mass is 429 g/mol.